The predicted octanol–water partition coefficient (Wildman–Crippen LogP) is 8.20. The van der Waals surface area contributed by atoms with Crippen LogP contribution >= 0.6 is 0 Å². The van der Waals surface area contributed by atoms with Crippen molar-refractivity contribution in [1.29, 1.82) is 0 Å². The molecule has 0 bridgehead atoms. The largest absolute Gasteiger partial charge is 0.491 e. The average molecular weight is 488 g/mol. The fourth-order valence-corrected chi connectivity index (χ4v) is 4.45. The minimum atomic E-state index is -1.17. The van der Waals surface area contributed by atoms with E-state index < -0.39 is 29.1 Å². The summed E-state index contributed by atoms with van der Waals surface area (Å²) in [7, 11) is 0. The van der Waals surface area contributed by atoms with Gasteiger partial charge in [0.2, 0.25) is 11.6 Å². The molecule has 184 valence electrons. The first-order chi connectivity index (χ1) is 16.8. The maximum atomic E-state index is 14.9. The van der Waals surface area contributed by atoms with Gasteiger partial charge in [0.25, 0.3) is 0 Å². The van der Waals surface area contributed by atoms with Gasteiger partial charge in [-0.05, 0) is 80.0 Å². The summed E-state index contributed by atoms with van der Waals surface area (Å²) in [6, 6.07) is 9.90. The molecule has 4 rings (SSSR count). The molecule has 0 fully saturated rings. The monoisotopic (exact) mass is 488 g/mol. The van der Waals surface area contributed by atoms with E-state index in [1.165, 1.54) is 30.3 Å². The summed E-state index contributed by atoms with van der Waals surface area (Å²) in [4.78, 5) is 0. The standard InChI is InChI=1S/C28H25F5O2/c1-3-34-23-13-11-19(25(30)27(23)32)17-7-5-16(6-8-17)18-9-10-20(22(29)15-18)21-12-14-24(35-4-2)28(33)26(21)31/h5,9-15,17H,3-4,6-8H2,1-2H3. The average Bonchev–Trinajstić information content (AvgIpc) is 2.86. The van der Waals surface area contributed by atoms with Gasteiger partial charge in [-0.3, -0.25) is 0 Å². The Morgan fingerprint density at radius 3 is 1.97 bits per heavy atom. The van der Waals surface area contributed by atoms with E-state index >= 15 is 0 Å². The Kier molecular flexibility index (Phi) is 7.43. The molecule has 0 saturated carbocycles. The third-order valence-corrected chi connectivity index (χ3v) is 6.20. The highest BCUT2D eigenvalue weighted by molar-refractivity contribution is 5.72. The van der Waals surface area contributed by atoms with Gasteiger partial charge in [-0.25, -0.2) is 13.2 Å². The number of rotatable bonds is 7. The van der Waals surface area contributed by atoms with Gasteiger partial charge in [0.15, 0.2) is 23.1 Å². The molecule has 3 aromatic rings. The van der Waals surface area contributed by atoms with E-state index in [0.717, 1.165) is 5.57 Å². The van der Waals surface area contributed by atoms with Crippen LogP contribution in [0.3, 0.4) is 0 Å². The number of allylic oxidation sites excluding steroid dienone is 2. The SMILES string of the molecule is CCOc1ccc(-c2ccc(C3=CCC(c4ccc(OCC)c(F)c4F)CC3)cc2F)c(F)c1F. The Bertz CT molecular complexity index is 1270. The molecule has 1 unspecified atom stereocenters. The van der Waals surface area contributed by atoms with Gasteiger partial charge in [0.1, 0.15) is 5.82 Å². The van der Waals surface area contributed by atoms with Crippen LogP contribution in [-0.4, -0.2) is 13.2 Å². The topological polar surface area (TPSA) is 18.5 Å². The van der Waals surface area contributed by atoms with Gasteiger partial charge in [0.05, 0.1) is 13.2 Å². The highest BCUT2D eigenvalue weighted by atomic mass is 19.2. The van der Waals surface area contributed by atoms with Crippen LogP contribution in [0.5, 0.6) is 11.5 Å². The predicted molar refractivity (Wildman–Crippen MR) is 125 cm³/mol. The Morgan fingerprint density at radius 1 is 0.743 bits per heavy atom. The van der Waals surface area contributed by atoms with E-state index in [4.69, 9.17) is 9.47 Å². The number of hydrogen-bond acceptors (Lipinski definition) is 2. The molecule has 35 heavy (non-hydrogen) atoms. The van der Waals surface area contributed by atoms with Gasteiger partial charge in [-0.1, -0.05) is 24.3 Å². The van der Waals surface area contributed by atoms with Gasteiger partial charge < -0.3 is 9.47 Å². The molecular formula is C28H25F5O2. The smallest absolute Gasteiger partial charge is 0.201 e. The molecular weight excluding hydrogens is 463 g/mol. The van der Waals surface area contributed by atoms with E-state index in [9.17, 15) is 22.0 Å². The first kappa shape index (κ1) is 24.8. The molecule has 0 heterocycles. The van der Waals surface area contributed by atoms with E-state index in [-0.39, 0.29) is 47.3 Å². The van der Waals surface area contributed by atoms with Crippen molar-refractivity contribution in [2.24, 2.45) is 0 Å². The first-order valence-corrected chi connectivity index (χ1v) is 11.6. The van der Waals surface area contributed by atoms with Crippen LogP contribution in [-0.2, 0) is 0 Å². The van der Waals surface area contributed by atoms with E-state index in [1.807, 2.05) is 6.08 Å². The molecule has 3 aromatic carbocycles. The van der Waals surface area contributed by atoms with Crippen LogP contribution < -0.4 is 9.47 Å². The molecule has 0 N–H and O–H groups in total. The summed E-state index contributed by atoms with van der Waals surface area (Å²) in [5, 5.41) is 0. The molecule has 0 aromatic heterocycles. The lowest BCUT2D eigenvalue weighted by Gasteiger charge is -2.23. The van der Waals surface area contributed by atoms with Crippen molar-refractivity contribution < 1.29 is 31.4 Å². The lowest BCUT2D eigenvalue weighted by atomic mass is 9.82. The third kappa shape index (κ3) is 4.90. The maximum Gasteiger partial charge on any atom is 0.201 e. The minimum Gasteiger partial charge on any atom is -0.491 e. The number of benzene rings is 3. The summed E-state index contributed by atoms with van der Waals surface area (Å²) in [5.41, 5.74) is 1.50. The molecule has 0 spiro atoms. The Morgan fingerprint density at radius 2 is 1.37 bits per heavy atom. The third-order valence-electron chi connectivity index (χ3n) is 6.20. The Balaban J connectivity index is 1.55. The van der Waals surface area contributed by atoms with Crippen LogP contribution in [0.4, 0.5) is 22.0 Å². The second-order valence-corrected chi connectivity index (χ2v) is 8.28. The van der Waals surface area contributed by atoms with Gasteiger partial charge in [0, 0.05) is 11.1 Å². The quantitative estimate of drug-likeness (QED) is 0.312. The summed E-state index contributed by atoms with van der Waals surface area (Å²) in [6.45, 7) is 3.76. The number of halogens is 5. The van der Waals surface area contributed by atoms with Crippen LogP contribution in [0, 0.1) is 29.1 Å². The van der Waals surface area contributed by atoms with E-state index in [0.29, 0.717) is 24.8 Å². The summed E-state index contributed by atoms with van der Waals surface area (Å²) in [5.74, 6) is -5.47. The highest BCUT2D eigenvalue weighted by Gasteiger charge is 2.24. The highest BCUT2D eigenvalue weighted by Crippen LogP contribution is 2.40. The Hall–Kier alpha value is -3.35. The zero-order valence-electron chi connectivity index (χ0n) is 19.4. The Labute approximate surface area is 201 Å². The molecule has 0 amide bonds. The fraction of sp³-hybridized carbons (Fsp3) is 0.286. The summed E-state index contributed by atoms with van der Waals surface area (Å²) >= 11 is 0. The van der Waals surface area contributed by atoms with Crippen LogP contribution in [0.25, 0.3) is 16.7 Å². The molecule has 0 aliphatic heterocycles. The molecule has 2 nitrogen and oxygen atoms in total. The molecule has 1 atom stereocenters. The lowest BCUT2D eigenvalue weighted by Crippen LogP contribution is -2.08. The normalized spacial score (nSPS) is 15.6. The van der Waals surface area contributed by atoms with Crippen molar-refractivity contribution >= 4 is 5.57 Å². The minimum absolute atomic E-state index is 0.0607. The van der Waals surface area contributed by atoms with Crippen molar-refractivity contribution in [1.82, 2.24) is 0 Å². The fourth-order valence-electron chi connectivity index (χ4n) is 4.45. The lowest BCUT2D eigenvalue weighted by molar-refractivity contribution is 0.312. The van der Waals surface area contributed by atoms with Crippen molar-refractivity contribution in [3.8, 4) is 22.6 Å². The molecule has 0 saturated heterocycles. The van der Waals surface area contributed by atoms with Gasteiger partial charge >= 0.3 is 0 Å². The van der Waals surface area contributed by atoms with E-state index in [1.54, 1.807) is 26.0 Å². The van der Waals surface area contributed by atoms with Crippen molar-refractivity contribution in [2.75, 3.05) is 13.2 Å². The van der Waals surface area contributed by atoms with Crippen molar-refractivity contribution in [2.45, 2.75) is 39.0 Å². The number of hydrogen-bond donors (Lipinski definition) is 0. The van der Waals surface area contributed by atoms with Crippen molar-refractivity contribution in [3.05, 3.63) is 88.8 Å². The van der Waals surface area contributed by atoms with E-state index in [2.05, 4.69) is 0 Å². The molecule has 1 aliphatic carbocycles. The van der Waals surface area contributed by atoms with Crippen LogP contribution in [0.2, 0.25) is 0 Å². The zero-order valence-corrected chi connectivity index (χ0v) is 19.4. The second kappa shape index (κ2) is 10.5. The van der Waals surface area contributed by atoms with Gasteiger partial charge in [-0.2, -0.15) is 8.78 Å². The summed E-state index contributed by atoms with van der Waals surface area (Å²) in [6.07, 6.45) is 3.43. The second-order valence-electron chi connectivity index (χ2n) is 8.28. The van der Waals surface area contributed by atoms with Crippen molar-refractivity contribution in [3.63, 3.8) is 0 Å². The number of ether oxygens (including phenoxy) is 2. The molecule has 1 aliphatic rings. The van der Waals surface area contributed by atoms with Crippen LogP contribution in [0.1, 0.15) is 50.2 Å². The molecule has 0 radical (unpaired) electrons. The molecule has 7 heteroatoms. The first-order valence-electron chi connectivity index (χ1n) is 11.6. The zero-order chi connectivity index (χ0) is 25.1. The van der Waals surface area contributed by atoms with Gasteiger partial charge in [-0.15, -0.1) is 0 Å². The van der Waals surface area contributed by atoms with Crippen LogP contribution in [0.15, 0.2) is 48.5 Å². The maximum absolute atomic E-state index is 14.9. The summed E-state index contributed by atoms with van der Waals surface area (Å²) < 4.78 is 82.7.